The van der Waals surface area contributed by atoms with Gasteiger partial charge in [-0.2, -0.15) is 0 Å². The van der Waals surface area contributed by atoms with Gasteiger partial charge >= 0.3 is 0 Å². The number of halogens is 1. The van der Waals surface area contributed by atoms with Gasteiger partial charge in [0, 0.05) is 11.1 Å². The highest BCUT2D eigenvalue weighted by molar-refractivity contribution is 7.90. The number of carbonyl (C=O) groups is 1. The van der Waals surface area contributed by atoms with Gasteiger partial charge < -0.3 is 5.11 Å². The molecule has 2 aromatic rings. The van der Waals surface area contributed by atoms with E-state index in [9.17, 15) is 22.7 Å². The minimum Gasteiger partial charge on any atom is -0.508 e. The van der Waals surface area contributed by atoms with E-state index in [1.54, 1.807) is 0 Å². The van der Waals surface area contributed by atoms with Crippen LogP contribution >= 0.6 is 0 Å². The first-order valence-corrected chi connectivity index (χ1v) is 7.76. The molecule has 0 atom stereocenters. The Hall–Kier alpha value is -2.21. The normalized spacial score (nSPS) is 11.3. The molecule has 0 spiro atoms. The minimum atomic E-state index is -3.96. The number of sulfone groups is 1. The molecule has 0 aliphatic carbocycles. The Labute approximate surface area is 121 Å². The molecule has 0 radical (unpaired) electrons. The van der Waals surface area contributed by atoms with E-state index in [0.29, 0.717) is 0 Å². The number of rotatable bonds is 4. The quantitative estimate of drug-likeness (QED) is 0.882. The van der Waals surface area contributed by atoms with Crippen molar-refractivity contribution in [1.29, 1.82) is 0 Å². The molecule has 4 nitrogen and oxygen atoms in total. The van der Waals surface area contributed by atoms with E-state index in [4.69, 9.17) is 0 Å². The lowest BCUT2D eigenvalue weighted by Gasteiger charge is -2.08. The summed E-state index contributed by atoms with van der Waals surface area (Å²) < 4.78 is 38.0. The Balaban J connectivity index is 2.44. The van der Waals surface area contributed by atoms with Crippen molar-refractivity contribution < 1.29 is 22.7 Å². The van der Waals surface area contributed by atoms with Crippen LogP contribution in [-0.4, -0.2) is 19.3 Å². The summed E-state index contributed by atoms with van der Waals surface area (Å²) in [5.41, 5.74) is 0.345. The van der Waals surface area contributed by atoms with Gasteiger partial charge in [-0.1, -0.05) is 12.1 Å². The second-order valence-corrected chi connectivity index (χ2v) is 6.55. The molecular weight excluding hydrogens is 295 g/mol. The van der Waals surface area contributed by atoms with Gasteiger partial charge in [0.05, 0.1) is 5.75 Å². The van der Waals surface area contributed by atoms with E-state index < -0.39 is 26.3 Å². The summed E-state index contributed by atoms with van der Waals surface area (Å²) in [6, 6.07) is 8.98. The molecule has 0 saturated carbocycles. The second kappa shape index (κ2) is 5.65. The van der Waals surface area contributed by atoms with Crippen LogP contribution in [0.5, 0.6) is 5.75 Å². The van der Waals surface area contributed by atoms with Crippen molar-refractivity contribution in [2.45, 2.75) is 17.6 Å². The molecule has 0 aliphatic heterocycles. The molecular formula is C15H13FO4S. The average Bonchev–Trinajstić information content (AvgIpc) is 2.41. The summed E-state index contributed by atoms with van der Waals surface area (Å²) in [6.45, 7) is 1.33. The molecule has 21 heavy (non-hydrogen) atoms. The maximum Gasteiger partial charge on any atom is 0.185 e. The molecule has 110 valence electrons. The first-order valence-electron chi connectivity index (χ1n) is 6.11. The van der Waals surface area contributed by atoms with Gasteiger partial charge in [0.25, 0.3) is 0 Å². The molecule has 1 N–H and O–H groups in total. The predicted octanol–water partition coefficient (Wildman–Crippen LogP) is 2.71. The molecule has 0 unspecified atom stereocenters. The minimum absolute atomic E-state index is 0.0611. The second-order valence-electron chi connectivity index (χ2n) is 4.59. The van der Waals surface area contributed by atoms with Crippen LogP contribution in [0.4, 0.5) is 4.39 Å². The van der Waals surface area contributed by atoms with E-state index in [2.05, 4.69) is 0 Å². The third-order valence-corrected chi connectivity index (χ3v) is 4.70. The van der Waals surface area contributed by atoms with Crippen molar-refractivity contribution in [3.8, 4) is 5.75 Å². The molecule has 0 aromatic heterocycles. The van der Waals surface area contributed by atoms with Crippen molar-refractivity contribution in [1.82, 2.24) is 0 Å². The zero-order valence-electron chi connectivity index (χ0n) is 11.2. The molecule has 0 bridgehead atoms. The van der Waals surface area contributed by atoms with Gasteiger partial charge in [0.2, 0.25) is 0 Å². The molecule has 0 amide bonds. The molecule has 6 heteroatoms. The monoisotopic (exact) mass is 308 g/mol. The third-order valence-electron chi connectivity index (χ3n) is 3.00. The maximum absolute atomic E-state index is 13.6. The van der Waals surface area contributed by atoms with Gasteiger partial charge in [0.1, 0.15) is 16.5 Å². The van der Waals surface area contributed by atoms with Crippen LogP contribution in [0.25, 0.3) is 0 Å². The molecule has 0 saturated heterocycles. The van der Waals surface area contributed by atoms with Crippen LogP contribution in [-0.2, 0) is 15.6 Å². The fourth-order valence-electron chi connectivity index (χ4n) is 1.90. The highest BCUT2D eigenvalue weighted by Gasteiger charge is 2.21. The molecule has 0 aliphatic rings. The summed E-state index contributed by atoms with van der Waals surface area (Å²) in [6.07, 6.45) is 0. The number of carbonyl (C=O) groups excluding carboxylic acids is 1. The zero-order valence-corrected chi connectivity index (χ0v) is 12.0. The van der Waals surface area contributed by atoms with Gasteiger partial charge in [0.15, 0.2) is 15.6 Å². The van der Waals surface area contributed by atoms with Crippen molar-refractivity contribution >= 4 is 15.6 Å². The number of hydrogen-bond donors (Lipinski definition) is 1. The Morgan fingerprint density at radius 1 is 1.19 bits per heavy atom. The van der Waals surface area contributed by atoms with Gasteiger partial charge in [-0.05, 0) is 37.3 Å². The average molecular weight is 308 g/mol. The summed E-state index contributed by atoms with van der Waals surface area (Å²) >= 11 is 0. The molecule has 2 rings (SSSR count). The number of phenolic OH excluding ortho intramolecular Hbond substituents is 1. The molecule has 0 fully saturated rings. The lowest BCUT2D eigenvalue weighted by atomic mass is 10.1. The summed E-state index contributed by atoms with van der Waals surface area (Å²) in [4.78, 5) is 10.9. The summed E-state index contributed by atoms with van der Waals surface area (Å²) in [5, 5.41) is 9.73. The van der Waals surface area contributed by atoms with Crippen LogP contribution < -0.4 is 0 Å². The standard InChI is InChI=1S/C15H13FO4S/c1-10(17)11-6-7-14(18)12(8-11)9-21(19,20)15-5-3-2-4-13(15)16/h2-8,18H,9H2,1H3. The highest BCUT2D eigenvalue weighted by atomic mass is 32.2. The van der Waals surface area contributed by atoms with E-state index in [1.165, 1.54) is 37.3 Å². The lowest BCUT2D eigenvalue weighted by Crippen LogP contribution is -2.08. The fraction of sp³-hybridized carbons (Fsp3) is 0.133. The van der Waals surface area contributed by atoms with Crippen molar-refractivity contribution in [2.24, 2.45) is 0 Å². The van der Waals surface area contributed by atoms with E-state index in [-0.39, 0.29) is 22.7 Å². The number of hydrogen-bond acceptors (Lipinski definition) is 4. The van der Waals surface area contributed by atoms with Gasteiger partial charge in [-0.3, -0.25) is 4.79 Å². The van der Waals surface area contributed by atoms with Crippen LogP contribution in [0, 0.1) is 5.82 Å². The summed E-state index contributed by atoms with van der Waals surface area (Å²) in [5.74, 6) is -1.93. The number of ketones is 1. The maximum atomic E-state index is 13.6. The number of Topliss-reactive ketones (excluding diaryl/α,β-unsaturated/α-hetero) is 1. The Kier molecular flexibility index (Phi) is 4.09. The van der Waals surface area contributed by atoms with Crippen LogP contribution in [0.15, 0.2) is 47.4 Å². The predicted molar refractivity (Wildman–Crippen MR) is 75.4 cm³/mol. The molecule has 0 heterocycles. The van der Waals surface area contributed by atoms with Crippen molar-refractivity contribution in [3.05, 3.63) is 59.4 Å². The van der Waals surface area contributed by atoms with Crippen molar-refractivity contribution in [2.75, 3.05) is 0 Å². The fourth-order valence-corrected chi connectivity index (χ4v) is 3.35. The van der Waals surface area contributed by atoms with E-state index in [0.717, 1.165) is 12.1 Å². The van der Waals surface area contributed by atoms with Crippen molar-refractivity contribution in [3.63, 3.8) is 0 Å². The van der Waals surface area contributed by atoms with Gasteiger partial charge in [-0.15, -0.1) is 0 Å². The Morgan fingerprint density at radius 2 is 1.86 bits per heavy atom. The van der Waals surface area contributed by atoms with Crippen LogP contribution in [0.3, 0.4) is 0 Å². The largest absolute Gasteiger partial charge is 0.508 e. The highest BCUT2D eigenvalue weighted by Crippen LogP contribution is 2.25. The third kappa shape index (κ3) is 3.28. The lowest BCUT2D eigenvalue weighted by molar-refractivity contribution is 0.101. The van der Waals surface area contributed by atoms with E-state index >= 15 is 0 Å². The topological polar surface area (TPSA) is 71.4 Å². The number of phenols is 1. The smallest absolute Gasteiger partial charge is 0.185 e. The van der Waals surface area contributed by atoms with Gasteiger partial charge in [-0.25, -0.2) is 12.8 Å². The Morgan fingerprint density at radius 3 is 2.48 bits per heavy atom. The first kappa shape index (κ1) is 15.2. The SMILES string of the molecule is CC(=O)c1ccc(O)c(CS(=O)(=O)c2ccccc2F)c1. The van der Waals surface area contributed by atoms with E-state index in [1.807, 2.05) is 0 Å². The van der Waals surface area contributed by atoms with Crippen LogP contribution in [0.2, 0.25) is 0 Å². The number of benzene rings is 2. The first-order chi connectivity index (χ1) is 9.81. The van der Waals surface area contributed by atoms with Crippen LogP contribution in [0.1, 0.15) is 22.8 Å². The zero-order chi connectivity index (χ0) is 15.6. The summed E-state index contributed by atoms with van der Waals surface area (Å²) in [7, 11) is -3.96. The Bertz CT molecular complexity index is 797. The number of aromatic hydroxyl groups is 1. The molecule has 2 aromatic carbocycles.